The van der Waals surface area contributed by atoms with Crippen LogP contribution in [0.1, 0.15) is 38.8 Å². The second-order valence-electron chi connectivity index (χ2n) is 5.55. The lowest BCUT2D eigenvalue weighted by molar-refractivity contribution is 0.163. The molecule has 1 aromatic rings. The van der Waals surface area contributed by atoms with Crippen LogP contribution in [-0.4, -0.2) is 25.1 Å². The number of benzene rings is 1. The van der Waals surface area contributed by atoms with E-state index in [4.69, 9.17) is 4.18 Å². The lowest BCUT2D eigenvalue weighted by Gasteiger charge is -2.05. The van der Waals surface area contributed by atoms with E-state index < -0.39 is 6.09 Å². The zero-order valence-corrected chi connectivity index (χ0v) is 15.1. The van der Waals surface area contributed by atoms with Gasteiger partial charge in [-0.25, -0.2) is 4.79 Å². The summed E-state index contributed by atoms with van der Waals surface area (Å²) in [4.78, 5) is 9.60. The third-order valence-corrected chi connectivity index (χ3v) is 3.00. The van der Waals surface area contributed by atoms with Crippen molar-refractivity contribution in [2.24, 2.45) is 11.7 Å². The molecule has 2 N–H and O–H groups in total. The largest absolute Gasteiger partial charge is 0.450 e. The number of hydrogen-bond acceptors (Lipinski definition) is 4. The van der Waals surface area contributed by atoms with Crippen LogP contribution < -0.4 is 5.73 Å². The maximum Gasteiger partial charge on any atom is 0.404 e. The molecule has 0 bridgehead atoms. The third-order valence-electron chi connectivity index (χ3n) is 2.53. The van der Waals surface area contributed by atoms with Crippen LogP contribution in [0.5, 0.6) is 0 Å². The van der Waals surface area contributed by atoms with Gasteiger partial charge in [-0.15, -0.1) is 0 Å². The molecule has 4 nitrogen and oxygen atoms in total. The first-order valence-electron chi connectivity index (χ1n) is 7.59. The Bertz CT molecular complexity index is 396. The van der Waals surface area contributed by atoms with Crippen molar-refractivity contribution in [1.29, 1.82) is 0 Å². The highest BCUT2D eigenvalue weighted by Gasteiger charge is 2.20. The fraction of sp³-hybridized carbons (Fsp3) is 0.588. The first kappa shape index (κ1) is 20.8. The van der Waals surface area contributed by atoms with Gasteiger partial charge in [0.25, 0.3) is 0 Å². The van der Waals surface area contributed by atoms with Crippen molar-refractivity contribution >= 4 is 18.1 Å². The summed E-state index contributed by atoms with van der Waals surface area (Å²) >= 11 is 1.47. The Labute approximate surface area is 139 Å². The van der Waals surface area contributed by atoms with E-state index in [1.807, 2.05) is 6.26 Å². The number of carbonyl (C=O) groups is 1. The fourth-order valence-electron chi connectivity index (χ4n) is 1.86. The van der Waals surface area contributed by atoms with Gasteiger partial charge in [0.05, 0.1) is 12.7 Å². The van der Waals surface area contributed by atoms with Crippen molar-refractivity contribution in [3.05, 3.63) is 35.4 Å². The molecule has 0 saturated heterocycles. The molecule has 0 radical (unpaired) electrons. The number of primary amides is 1. The molecule has 0 aromatic heterocycles. The number of hydrogen-bond donors (Lipinski definition) is 1. The van der Waals surface area contributed by atoms with Gasteiger partial charge in [0, 0.05) is 19.1 Å². The molecule has 0 saturated carbocycles. The molecular formula is C17H29NO3S. The Morgan fingerprint density at radius 2 is 1.73 bits per heavy atom. The van der Waals surface area contributed by atoms with Crippen LogP contribution in [0, 0.1) is 5.92 Å². The number of ether oxygens (including phenoxy) is 1. The summed E-state index contributed by atoms with van der Waals surface area (Å²) in [5.74, 6) is 0.833. The van der Waals surface area contributed by atoms with Gasteiger partial charge >= 0.3 is 6.09 Å². The molecule has 1 aliphatic carbocycles. The average Bonchev–Trinajstić information content (AvgIpc) is 2.81. The van der Waals surface area contributed by atoms with Crippen molar-refractivity contribution in [3.63, 3.8) is 0 Å². The molecule has 5 heteroatoms. The summed E-state index contributed by atoms with van der Waals surface area (Å²) in [7, 11) is 0. The Balaban J connectivity index is 0.000000374. The predicted molar refractivity (Wildman–Crippen MR) is 94.0 cm³/mol. The van der Waals surface area contributed by atoms with Gasteiger partial charge < -0.3 is 14.7 Å². The summed E-state index contributed by atoms with van der Waals surface area (Å²) in [6, 6.07) is 8.58. The van der Waals surface area contributed by atoms with Crippen LogP contribution in [0.15, 0.2) is 24.3 Å². The van der Waals surface area contributed by atoms with Crippen LogP contribution >= 0.6 is 12.0 Å². The van der Waals surface area contributed by atoms with E-state index in [1.165, 1.54) is 23.2 Å². The van der Waals surface area contributed by atoms with Gasteiger partial charge in [-0.3, -0.25) is 0 Å². The van der Waals surface area contributed by atoms with Gasteiger partial charge in [-0.05, 0) is 36.0 Å². The standard InChI is InChI=1S/C10H12OS.C4H10.C3H7NO2/c1-12-11-10-6-8-4-2-3-5-9(8)7-10;1-4(2)3;1-2-6-3(4)5/h2-5,10H,6-7H2,1H3;4H,1-3H3;2H2,1H3,(H2,4,5). The molecule has 0 heterocycles. The Morgan fingerprint density at radius 3 is 2.00 bits per heavy atom. The monoisotopic (exact) mass is 327 g/mol. The summed E-state index contributed by atoms with van der Waals surface area (Å²) in [5, 5.41) is 0. The van der Waals surface area contributed by atoms with E-state index >= 15 is 0 Å². The maximum atomic E-state index is 9.60. The van der Waals surface area contributed by atoms with Gasteiger partial charge in [0.1, 0.15) is 0 Å². The van der Waals surface area contributed by atoms with E-state index in [2.05, 4.69) is 55.5 Å². The van der Waals surface area contributed by atoms with E-state index in [-0.39, 0.29) is 0 Å². The van der Waals surface area contributed by atoms with Crippen LogP contribution in [-0.2, 0) is 21.8 Å². The third kappa shape index (κ3) is 10.5. The number of fused-ring (bicyclic) bond motifs is 1. The average molecular weight is 327 g/mol. The number of rotatable bonds is 3. The zero-order valence-electron chi connectivity index (χ0n) is 14.3. The Morgan fingerprint density at radius 1 is 1.27 bits per heavy atom. The molecule has 1 aliphatic rings. The highest BCUT2D eigenvalue weighted by molar-refractivity contribution is 7.93. The second kappa shape index (κ2) is 12.4. The molecule has 1 amide bonds. The quantitative estimate of drug-likeness (QED) is 0.845. The molecule has 0 spiro atoms. The van der Waals surface area contributed by atoms with Crippen molar-refractivity contribution in [2.45, 2.75) is 46.6 Å². The number of nitrogens with two attached hydrogens (primary N) is 1. The number of amides is 1. The predicted octanol–water partition coefficient (Wildman–Crippen LogP) is 4.21. The lowest BCUT2D eigenvalue weighted by atomic mass is 10.1. The van der Waals surface area contributed by atoms with Crippen LogP contribution in [0.4, 0.5) is 4.79 Å². The van der Waals surface area contributed by atoms with E-state index in [9.17, 15) is 4.79 Å². The minimum absolute atomic E-state index is 0.356. The molecule has 0 atom stereocenters. The summed E-state index contributed by atoms with van der Waals surface area (Å²) in [6.07, 6.45) is 3.83. The molecule has 2 rings (SSSR count). The van der Waals surface area contributed by atoms with Crippen molar-refractivity contribution in [1.82, 2.24) is 0 Å². The molecular weight excluding hydrogens is 298 g/mol. The first-order valence-corrected chi connectivity index (χ1v) is 8.74. The summed E-state index contributed by atoms with van der Waals surface area (Å²) in [6.45, 7) is 8.56. The van der Waals surface area contributed by atoms with E-state index in [0.717, 1.165) is 18.8 Å². The zero-order chi connectivity index (χ0) is 17.0. The van der Waals surface area contributed by atoms with Gasteiger partial charge in [-0.2, -0.15) is 0 Å². The molecule has 0 fully saturated rings. The van der Waals surface area contributed by atoms with Gasteiger partial charge in [0.2, 0.25) is 0 Å². The van der Waals surface area contributed by atoms with Gasteiger partial charge in [0.15, 0.2) is 0 Å². The minimum atomic E-state index is -0.711. The topological polar surface area (TPSA) is 61.5 Å². The Kier molecular flexibility index (Phi) is 11.7. The summed E-state index contributed by atoms with van der Waals surface area (Å²) < 4.78 is 9.68. The molecule has 0 aliphatic heterocycles. The van der Waals surface area contributed by atoms with E-state index in [1.54, 1.807) is 6.92 Å². The van der Waals surface area contributed by atoms with Crippen molar-refractivity contribution < 1.29 is 13.7 Å². The highest BCUT2D eigenvalue weighted by atomic mass is 32.2. The Hall–Kier alpha value is -1.20. The molecule has 0 unspecified atom stereocenters. The molecule has 126 valence electrons. The van der Waals surface area contributed by atoms with Gasteiger partial charge in [-0.1, -0.05) is 45.0 Å². The lowest BCUT2D eigenvalue weighted by Crippen LogP contribution is -2.11. The maximum absolute atomic E-state index is 9.60. The molecule has 1 aromatic carbocycles. The first-order chi connectivity index (χ1) is 10.4. The van der Waals surface area contributed by atoms with Crippen LogP contribution in [0.2, 0.25) is 0 Å². The summed E-state index contributed by atoms with van der Waals surface area (Å²) in [5.41, 5.74) is 7.45. The van der Waals surface area contributed by atoms with Crippen LogP contribution in [0.3, 0.4) is 0 Å². The fourth-order valence-corrected chi connectivity index (χ4v) is 2.27. The van der Waals surface area contributed by atoms with E-state index in [0.29, 0.717) is 12.7 Å². The minimum Gasteiger partial charge on any atom is -0.450 e. The highest BCUT2D eigenvalue weighted by Crippen LogP contribution is 2.25. The van der Waals surface area contributed by atoms with Crippen LogP contribution in [0.25, 0.3) is 0 Å². The normalized spacial score (nSPS) is 12.6. The molecule has 22 heavy (non-hydrogen) atoms. The SMILES string of the molecule is CC(C)C.CCOC(N)=O.CSOC1Cc2ccccc2C1. The number of carbonyl (C=O) groups excluding carboxylic acids is 1. The smallest absolute Gasteiger partial charge is 0.404 e. The van der Waals surface area contributed by atoms with Crippen molar-refractivity contribution in [3.8, 4) is 0 Å². The van der Waals surface area contributed by atoms with Crippen molar-refractivity contribution in [2.75, 3.05) is 12.9 Å². The second-order valence-corrected chi connectivity index (χ2v) is 6.07.